The molecule has 1 aromatic heterocycles. The minimum atomic E-state index is -2.07. The Balaban J connectivity index is 0.00000114. The monoisotopic (exact) mass is 547 g/mol. The van der Waals surface area contributed by atoms with E-state index in [9.17, 15) is 14.7 Å². The number of allylic oxidation sites excluding steroid dienone is 2. The Labute approximate surface area is 231 Å². The number of carbonyl (C=O) groups excluding carboxylic acids is 2. The first kappa shape index (κ1) is 34.1. The number of hydrogen-bond acceptors (Lipinski definition) is 4. The molecule has 0 saturated heterocycles. The fourth-order valence-corrected chi connectivity index (χ4v) is 3.65. The van der Waals surface area contributed by atoms with Crippen LogP contribution in [0.4, 0.5) is 5.69 Å². The lowest BCUT2D eigenvalue weighted by Gasteiger charge is -2.21. The zero-order valence-electron chi connectivity index (χ0n) is 23.0. The van der Waals surface area contributed by atoms with Crippen molar-refractivity contribution in [3.8, 4) is 5.69 Å². The number of halogens is 2. The SMILES string of the molecule is C/C=C\C.CC.CC.CC.O=C(CC1(O)C(=O)Nc2c(Cl)ccc(Cl)c21)c1ccc(-n2cccn2)cc1. The van der Waals surface area contributed by atoms with Crippen LogP contribution in [0.1, 0.15) is 77.7 Å². The molecule has 202 valence electrons. The average Bonchev–Trinajstić information content (AvgIpc) is 3.57. The number of amides is 1. The van der Waals surface area contributed by atoms with Crippen molar-refractivity contribution in [3.63, 3.8) is 0 Å². The highest BCUT2D eigenvalue weighted by atomic mass is 35.5. The van der Waals surface area contributed by atoms with Crippen LogP contribution in [-0.4, -0.2) is 26.6 Å². The molecule has 0 spiro atoms. The zero-order valence-corrected chi connectivity index (χ0v) is 24.5. The van der Waals surface area contributed by atoms with Crippen LogP contribution in [0.15, 0.2) is 67.0 Å². The molecule has 0 saturated carbocycles. The first-order valence-corrected chi connectivity index (χ1v) is 13.3. The van der Waals surface area contributed by atoms with Crippen molar-refractivity contribution in [1.29, 1.82) is 0 Å². The molecule has 3 aromatic rings. The van der Waals surface area contributed by atoms with Crippen molar-refractivity contribution in [2.45, 2.75) is 67.4 Å². The Morgan fingerprint density at radius 1 is 0.973 bits per heavy atom. The normalized spacial score (nSPS) is 14.8. The standard InChI is InChI=1S/C19H13Cl2N3O3.C4H8.3C2H6/c20-13-6-7-14(21)17-16(13)19(27,18(26)23-17)10-15(25)11-2-4-12(5-3-11)24-9-1-8-22-24;1-3-4-2;3*1-2/h1-9,27H,10H2,(H,23,26);3-4H,1-2H3;3*1-2H3/b;4-3-;;;. The largest absolute Gasteiger partial charge is 0.375 e. The minimum Gasteiger partial charge on any atom is -0.375 e. The summed E-state index contributed by atoms with van der Waals surface area (Å²) in [6.07, 6.45) is 6.98. The van der Waals surface area contributed by atoms with E-state index in [4.69, 9.17) is 23.2 Å². The summed E-state index contributed by atoms with van der Waals surface area (Å²) >= 11 is 12.2. The molecule has 4 rings (SSSR count). The fraction of sp³-hybridized carbons (Fsp3) is 0.345. The molecule has 0 fully saturated rings. The van der Waals surface area contributed by atoms with Gasteiger partial charge in [0.2, 0.25) is 0 Å². The number of ketones is 1. The van der Waals surface area contributed by atoms with Crippen molar-refractivity contribution < 1.29 is 14.7 Å². The Hall–Kier alpha value is -2.93. The van der Waals surface area contributed by atoms with Crippen molar-refractivity contribution >= 4 is 40.6 Å². The summed E-state index contributed by atoms with van der Waals surface area (Å²) in [6, 6.07) is 11.5. The number of benzene rings is 2. The lowest BCUT2D eigenvalue weighted by molar-refractivity contribution is -0.133. The van der Waals surface area contributed by atoms with E-state index in [0.29, 0.717) is 5.56 Å². The van der Waals surface area contributed by atoms with Crippen LogP contribution < -0.4 is 5.32 Å². The van der Waals surface area contributed by atoms with E-state index in [1.807, 2.05) is 67.5 Å². The number of anilines is 1. The Kier molecular flexibility index (Phi) is 16.1. The molecule has 1 aliphatic rings. The number of hydrogen-bond donors (Lipinski definition) is 2. The maximum Gasteiger partial charge on any atom is 0.261 e. The first-order valence-electron chi connectivity index (χ1n) is 12.5. The molecular formula is C29H39Cl2N3O3. The molecule has 0 aliphatic carbocycles. The summed E-state index contributed by atoms with van der Waals surface area (Å²) in [5, 5.41) is 18.0. The van der Waals surface area contributed by atoms with Gasteiger partial charge in [-0.05, 0) is 56.3 Å². The lowest BCUT2D eigenvalue weighted by atomic mass is 9.88. The number of nitrogens with one attached hydrogen (secondary N) is 1. The Morgan fingerprint density at radius 3 is 2.00 bits per heavy atom. The molecule has 0 bridgehead atoms. The minimum absolute atomic E-state index is 0.128. The van der Waals surface area contributed by atoms with Crippen LogP contribution in [0, 0.1) is 0 Å². The van der Waals surface area contributed by atoms with Gasteiger partial charge in [-0.25, -0.2) is 4.68 Å². The third-order valence-electron chi connectivity index (χ3n) is 4.84. The van der Waals surface area contributed by atoms with E-state index < -0.39 is 23.7 Å². The van der Waals surface area contributed by atoms with Crippen molar-refractivity contribution in [2.24, 2.45) is 0 Å². The second-order valence-corrected chi connectivity index (χ2v) is 7.67. The van der Waals surface area contributed by atoms with Gasteiger partial charge in [0.05, 0.1) is 22.8 Å². The summed E-state index contributed by atoms with van der Waals surface area (Å²) < 4.78 is 1.66. The van der Waals surface area contributed by atoms with Gasteiger partial charge in [0.15, 0.2) is 11.4 Å². The highest BCUT2D eigenvalue weighted by molar-refractivity contribution is 6.38. The molecule has 0 radical (unpaired) electrons. The molecule has 37 heavy (non-hydrogen) atoms. The van der Waals surface area contributed by atoms with Crippen LogP contribution in [0.3, 0.4) is 0 Å². The van der Waals surface area contributed by atoms with Crippen molar-refractivity contribution in [2.75, 3.05) is 5.32 Å². The van der Waals surface area contributed by atoms with Gasteiger partial charge in [-0.2, -0.15) is 5.10 Å². The van der Waals surface area contributed by atoms with E-state index in [1.54, 1.807) is 47.4 Å². The maximum absolute atomic E-state index is 12.7. The number of rotatable bonds is 4. The van der Waals surface area contributed by atoms with Gasteiger partial charge in [-0.15, -0.1) is 0 Å². The van der Waals surface area contributed by atoms with Crippen LogP contribution in [0.5, 0.6) is 0 Å². The molecular weight excluding hydrogens is 509 g/mol. The summed E-state index contributed by atoms with van der Waals surface area (Å²) in [5.74, 6) is -1.13. The Bertz CT molecular complexity index is 1120. The van der Waals surface area contributed by atoms with Gasteiger partial charge in [0.1, 0.15) is 0 Å². The number of nitrogens with zero attached hydrogens (tertiary/aromatic N) is 2. The molecule has 1 unspecified atom stereocenters. The lowest BCUT2D eigenvalue weighted by Crippen LogP contribution is -2.36. The third-order valence-corrected chi connectivity index (χ3v) is 5.47. The van der Waals surface area contributed by atoms with E-state index in [0.717, 1.165) is 5.69 Å². The Morgan fingerprint density at radius 2 is 1.51 bits per heavy atom. The second kappa shape index (κ2) is 17.5. The smallest absolute Gasteiger partial charge is 0.261 e. The van der Waals surface area contributed by atoms with Crippen molar-refractivity contribution in [3.05, 3.63) is 88.2 Å². The number of aliphatic hydroxyl groups is 1. The summed E-state index contributed by atoms with van der Waals surface area (Å²) in [5.41, 5.74) is -0.566. The van der Waals surface area contributed by atoms with Crippen LogP contribution in [0.2, 0.25) is 10.0 Å². The molecule has 2 aromatic carbocycles. The van der Waals surface area contributed by atoms with Crippen LogP contribution in [0.25, 0.3) is 5.69 Å². The summed E-state index contributed by atoms with van der Waals surface area (Å²) in [4.78, 5) is 25.1. The summed E-state index contributed by atoms with van der Waals surface area (Å²) in [6.45, 7) is 16.0. The predicted octanol–water partition coefficient (Wildman–Crippen LogP) is 8.25. The topological polar surface area (TPSA) is 84.2 Å². The van der Waals surface area contributed by atoms with Crippen LogP contribution in [-0.2, 0) is 10.4 Å². The molecule has 1 amide bonds. The molecule has 1 atom stereocenters. The number of fused-ring (bicyclic) bond motifs is 1. The predicted molar refractivity (Wildman–Crippen MR) is 156 cm³/mol. The highest BCUT2D eigenvalue weighted by Crippen LogP contribution is 2.46. The van der Waals surface area contributed by atoms with E-state index >= 15 is 0 Å². The second-order valence-electron chi connectivity index (χ2n) is 6.86. The van der Waals surface area contributed by atoms with Gasteiger partial charge < -0.3 is 10.4 Å². The van der Waals surface area contributed by atoms with Gasteiger partial charge in [0.25, 0.3) is 5.91 Å². The van der Waals surface area contributed by atoms with E-state index in [2.05, 4.69) is 10.4 Å². The molecule has 8 heteroatoms. The highest BCUT2D eigenvalue weighted by Gasteiger charge is 2.49. The van der Waals surface area contributed by atoms with E-state index in [1.165, 1.54) is 12.1 Å². The summed E-state index contributed by atoms with van der Waals surface area (Å²) in [7, 11) is 0. The third kappa shape index (κ3) is 8.56. The molecule has 2 heterocycles. The zero-order chi connectivity index (χ0) is 28.6. The maximum atomic E-state index is 12.7. The van der Waals surface area contributed by atoms with Crippen LogP contribution >= 0.6 is 23.2 Å². The molecule has 2 N–H and O–H groups in total. The van der Waals surface area contributed by atoms with Gasteiger partial charge in [0, 0.05) is 28.5 Å². The van der Waals surface area contributed by atoms with Gasteiger partial charge in [-0.3, -0.25) is 9.59 Å². The quantitative estimate of drug-likeness (QED) is 0.254. The molecule has 1 aliphatic heterocycles. The van der Waals surface area contributed by atoms with Crippen molar-refractivity contribution in [1.82, 2.24) is 9.78 Å². The van der Waals surface area contributed by atoms with E-state index in [-0.39, 0.29) is 21.3 Å². The van der Waals surface area contributed by atoms with Gasteiger partial charge in [-0.1, -0.05) is 76.9 Å². The number of carbonyl (C=O) groups is 2. The average molecular weight is 549 g/mol. The van der Waals surface area contributed by atoms with Gasteiger partial charge >= 0.3 is 0 Å². The number of Topliss-reactive ketones (excluding diaryl/α,β-unsaturated/α-hetero) is 1. The molecule has 6 nitrogen and oxygen atoms in total. The fourth-order valence-electron chi connectivity index (χ4n) is 3.13. The first-order chi connectivity index (χ1) is 17.8. The number of aromatic nitrogens is 2.